The molecule has 0 aliphatic carbocycles. The normalized spacial score (nSPS) is 10.7. The summed E-state index contributed by atoms with van der Waals surface area (Å²) >= 11 is 1.33. The molecule has 27 heavy (non-hydrogen) atoms. The molecule has 140 valence electrons. The van der Waals surface area contributed by atoms with Crippen LogP contribution >= 0.6 is 11.3 Å². The summed E-state index contributed by atoms with van der Waals surface area (Å²) in [6.45, 7) is 3.92. The Balaban J connectivity index is 1.80. The Morgan fingerprint density at radius 2 is 1.96 bits per heavy atom. The summed E-state index contributed by atoms with van der Waals surface area (Å²) < 4.78 is 1.58. The average molecular weight is 383 g/mol. The molecule has 0 saturated carbocycles. The molecule has 0 fully saturated rings. The predicted molar refractivity (Wildman–Crippen MR) is 106 cm³/mol. The number of amides is 1. The Bertz CT molecular complexity index is 981. The number of benzene rings is 1. The van der Waals surface area contributed by atoms with E-state index >= 15 is 0 Å². The van der Waals surface area contributed by atoms with Crippen LogP contribution in [-0.2, 0) is 6.42 Å². The van der Waals surface area contributed by atoms with E-state index in [-0.39, 0.29) is 5.69 Å². The van der Waals surface area contributed by atoms with Crippen molar-refractivity contribution in [3.8, 4) is 5.69 Å². The first-order valence-electron chi connectivity index (χ1n) is 8.88. The van der Waals surface area contributed by atoms with Crippen molar-refractivity contribution in [1.29, 1.82) is 0 Å². The molecule has 0 spiro atoms. The van der Waals surface area contributed by atoms with Gasteiger partial charge in [0.25, 0.3) is 5.91 Å². The van der Waals surface area contributed by atoms with Crippen molar-refractivity contribution in [2.75, 3.05) is 5.32 Å². The molecule has 0 radical (unpaired) electrons. The molecule has 0 atom stereocenters. The highest BCUT2D eigenvalue weighted by Crippen LogP contribution is 2.18. The maximum atomic E-state index is 12.6. The minimum absolute atomic E-state index is 0.174. The zero-order valence-electron chi connectivity index (χ0n) is 15.3. The van der Waals surface area contributed by atoms with Gasteiger partial charge in [0.15, 0.2) is 5.69 Å². The van der Waals surface area contributed by atoms with Gasteiger partial charge in [0.2, 0.25) is 10.6 Å². The second-order valence-electron chi connectivity index (χ2n) is 6.16. The maximum Gasteiger partial charge on any atom is 0.282 e. The van der Waals surface area contributed by atoms with Crippen LogP contribution in [0.15, 0.2) is 41.2 Å². The molecule has 0 unspecified atom stereocenters. The van der Waals surface area contributed by atoms with Gasteiger partial charge in [-0.2, -0.15) is 5.10 Å². The third-order valence-corrected chi connectivity index (χ3v) is 4.90. The molecular weight excluding hydrogens is 362 g/mol. The molecular formula is C19H21N5O2S. The Kier molecular flexibility index (Phi) is 6.08. The molecule has 1 amide bonds. The molecule has 1 N–H and O–H groups in total. The lowest BCUT2D eigenvalue weighted by Crippen LogP contribution is -2.26. The molecule has 0 aliphatic heterocycles. The van der Waals surface area contributed by atoms with Gasteiger partial charge in [0, 0.05) is 18.2 Å². The summed E-state index contributed by atoms with van der Waals surface area (Å²) in [6.07, 6.45) is 4.15. The minimum atomic E-state index is -0.582. The Morgan fingerprint density at radius 3 is 2.70 bits per heavy atom. The van der Waals surface area contributed by atoms with Crippen molar-refractivity contribution < 1.29 is 4.79 Å². The molecule has 3 aromatic rings. The SMILES string of the molecule is CCCCCc1nnc(NC(=O)c2nn(-c3ccccc3)c(C)cc2=O)s1. The lowest BCUT2D eigenvalue weighted by atomic mass is 10.2. The Labute approximate surface area is 161 Å². The molecule has 2 heterocycles. The molecule has 1 aromatic carbocycles. The number of anilines is 1. The average Bonchev–Trinajstić information content (AvgIpc) is 3.10. The summed E-state index contributed by atoms with van der Waals surface area (Å²) in [5.74, 6) is -0.582. The van der Waals surface area contributed by atoms with Gasteiger partial charge in [-0.15, -0.1) is 10.2 Å². The van der Waals surface area contributed by atoms with Gasteiger partial charge in [-0.25, -0.2) is 4.68 Å². The second-order valence-corrected chi connectivity index (χ2v) is 7.22. The number of nitrogens with zero attached hydrogens (tertiary/aromatic N) is 4. The highest BCUT2D eigenvalue weighted by Gasteiger charge is 2.17. The number of para-hydroxylation sites is 1. The number of carbonyl (C=O) groups excluding carboxylic acids is 1. The van der Waals surface area contributed by atoms with Crippen molar-refractivity contribution in [3.63, 3.8) is 0 Å². The van der Waals surface area contributed by atoms with Crippen LogP contribution in [0.4, 0.5) is 5.13 Å². The number of nitrogens with one attached hydrogen (secondary N) is 1. The van der Waals surface area contributed by atoms with E-state index in [0.717, 1.165) is 36.4 Å². The highest BCUT2D eigenvalue weighted by atomic mass is 32.1. The summed E-state index contributed by atoms with van der Waals surface area (Å²) in [4.78, 5) is 24.8. The standard InChI is InChI=1S/C19H21N5O2S/c1-3-4-6-11-16-21-22-19(27-16)20-18(26)17-15(25)12-13(2)24(23-17)14-9-7-5-8-10-14/h5,7-10,12H,3-4,6,11H2,1-2H3,(H,20,22,26). The number of rotatable bonds is 7. The predicted octanol–water partition coefficient (Wildman–Crippen LogP) is 3.38. The quantitative estimate of drug-likeness (QED) is 0.632. The van der Waals surface area contributed by atoms with E-state index in [1.54, 1.807) is 11.6 Å². The smallest absolute Gasteiger partial charge is 0.282 e. The fourth-order valence-electron chi connectivity index (χ4n) is 2.62. The molecule has 0 aliphatic rings. The molecule has 2 aromatic heterocycles. The zero-order chi connectivity index (χ0) is 19.2. The number of carbonyl (C=O) groups is 1. The van der Waals surface area contributed by atoms with E-state index in [4.69, 9.17) is 0 Å². The molecule has 3 rings (SSSR count). The van der Waals surface area contributed by atoms with Crippen molar-refractivity contribution in [3.05, 3.63) is 63.0 Å². The van der Waals surface area contributed by atoms with Gasteiger partial charge in [0.05, 0.1) is 5.69 Å². The lowest BCUT2D eigenvalue weighted by Gasteiger charge is -2.10. The van der Waals surface area contributed by atoms with Gasteiger partial charge in [-0.3, -0.25) is 14.9 Å². The van der Waals surface area contributed by atoms with Crippen LogP contribution in [0.1, 0.15) is 47.4 Å². The summed E-state index contributed by atoms with van der Waals surface area (Å²) in [7, 11) is 0. The van der Waals surface area contributed by atoms with Crippen molar-refractivity contribution in [2.45, 2.75) is 39.5 Å². The van der Waals surface area contributed by atoms with E-state index in [2.05, 4.69) is 27.5 Å². The Morgan fingerprint density at radius 1 is 1.19 bits per heavy atom. The minimum Gasteiger partial charge on any atom is -0.295 e. The van der Waals surface area contributed by atoms with E-state index < -0.39 is 11.3 Å². The van der Waals surface area contributed by atoms with Crippen LogP contribution in [0.3, 0.4) is 0 Å². The van der Waals surface area contributed by atoms with Gasteiger partial charge in [-0.05, 0) is 25.5 Å². The zero-order valence-corrected chi connectivity index (χ0v) is 16.1. The topological polar surface area (TPSA) is 89.8 Å². The number of aryl methyl sites for hydroxylation is 2. The van der Waals surface area contributed by atoms with Crippen LogP contribution < -0.4 is 10.7 Å². The summed E-state index contributed by atoms with van der Waals surface area (Å²) in [6, 6.07) is 10.8. The van der Waals surface area contributed by atoms with Crippen molar-refractivity contribution in [2.24, 2.45) is 0 Å². The summed E-state index contributed by atoms with van der Waals surface area (Å²) in [5.41, 5.74) is 0.826. The second kappa shape index (κ2) is 8.68. The molecule has 8 heteroatoms. The van der Waals surface area contributed by atoms with Crippen LogP contribution in [0.5, 0.6) is 0 Å². The van der Waals surface area contributed by atoms with Gasteiger partial charge in [-0.1, -0.05) is 49.3 Å². The first-order chi connectivity index (χ1) is 13.1. The van der Waals surface area contributed by atoms with Gasteiger partial charge >= 0.3 is 0 Å². The fraction of sp³-hybridized carbons (Fsp3) is 0.316. The first-order valence-corrected chi connectivity index (χ1v) is 9.70. The van der Waals surface area contributed by atoms with Crippen molar-refractivity contribution >= 4 is 22.4 Å². The number of unbranched alkanes of at least 4 members (excludes halogenated alkanes) is 2. The number of hydrogen-bond acceptors (Lipinski definition) is 6. The monoisotopic (exact) mass is 383 g/mol. The summed E-state index contributed by atoms with van der Waals surface area (Å²) in [5, 5.41) is 16.2. The third kappa shape index (κ3) is 4.65. The fourth-order valence-corrected chi connectivity index (χ4v) is 3.40. The van der Waals surface area contributed by atoms with Gasteiger partial charge in [0.1, 0.15) is 5.01 Å². The van der Waals surface area contributed by atoms with Gasteiger partial charge < -0.3 is 0 Å². The largest absolute Gasteiger partial charge is 0.295 e. The lowest BCUT2D eigenvalue weighted by molar-refractivity contribution is 0.101. The molecule has 0 bridgehead atoms. The van der Waals surface area contributed by atoms with Crippen LogP contribution in [0.25, 0.3) is 5.69 Å². The highest BCUT2D eigenvalue weighted by molar-refractivity contribution is 7.15. The van der Waals surface area contributed by atoms with Crippen LogP contribution in [0.2, 0.25) is 0 Å². The molecule has 7 nitrogen and oxygen atoms in total. The Hall–Kier alpha value is -2.87. The van der Waals surface area contributed by atoms with E-state index in [9.17, 15) is 9.59 Å². The van der Waals surface area contributed by atoms with E-state index in [1.807, 2.05) is 30.3 Å². The van der Waals surface area contributed by atoms with E-state index in [1.165, 1.54) is 17.4 Å². The van der Waals surface area contributed by atoms with Crippen molar-refractivity contribution in [1.82, 2.24) is 20.0 Å². The maximum absolute atomic E-state index is 12.6. The third-order valence-electron chi connectivity index (χ3n) is 4.00. The first kappa shape index (κ1) is 18.9. The number of aromatic nitrogens is 4. The van der Waals surface area contributed by atoms with E-state index in [0.29, 0.717) is 10.8 Å². The van der Waals surface area contributed by atoms with Crippen LogP contribution in [0, 0.1) is 6.92 Å². The number of hydrogen-bond donors (Lipinski definition) is 1. The van der Waals surface area contributed by atoms with Crippen LogP contribution in [-0.4, -0.2) is 25.9 Å². The molecule has 0 saturated heterocycles.